The number of ether oxygens (including phenoxy) is 2. The van der Waals surface area contributed by atoms with Crippen molar-refractivity contribution in [2.75, 3.05) is 13.2 Å². The van der Waals surface area contributed by atoms with E-state index in [1.165, 1.54) is 12.3 Å². The zero-order valence-corrected chi connectivity index (χ0v) is 7.50. The SMILES string of the molecule is O=C(OCC(O)CO)C1C=CC=CO1. The summed E-state index contributed by atoms with van der Waals surface area (Å²) in [6.45, 7) is -0.665. The molecule has 0 saturated carbocycles. The molecule has 0 fully saturated rings. The molecule has 1 aliphatic heterocycles. The highest BCUT2D eigenvalue weighted by Crippen LogP contribution is 2.04. The summed E-state index contributed by atoms with van der Waals surface area (Å²) in [6, 6.07) is 0. The van der Waals surface area contributed by atoms with Crippen LogP contribution in [0, 0.1) is 0 Å². The van der Waals surface area contributed by atoms with Gasteiger partial charge in [0.25, 0.3) is 0 Å². The van der Waals surface area contributed by atoms with E-state index in [4.69, 9.17) is 14.9 Å². The summed E-state index contributed by atoms with van der Waals surface area (Å²) in [5.41, 5.74) is 0. The third-order valence-electron chi connectivity index (χ3n) is 1.56. The van der Waals surface area contributed by atoms with E-state index >= 15 is 0 Å². The molecule has 5 nitrogen and oxygen atoms in total. The second-order valence-corrected chi connectivity index (χ2v) is 2.74. The lowest BCUT2D eigenvalue weighted by atomic mass is 10.3. The van der Waals surface area contributed by atoms with Gasteiger partial charge in [-0.3, -0.25) is 0 Å². The number of esters is 1. The Balaban J connectivity index is 2.28. The molecule has 14 heavy (non-hydrogen) atoms. The van der Waals surface area contributed by atoms with E-state index in [0.29, 0.717) is 0 Å². The third-order valence-corrected chi connectivity index (χ3v) is 1.56. The molecule has 1 rings (SSSR count). The van der Waals surface area contributed by atoms with Gasteiger partial charge < -0.3 is 19.7 Å². The van der Waals surface area contributed by atoms with Crippen molar-refractivity contribution in [2.24, 2.45) is 0 Å². The lowest BCUT2D eigenvalue weighted by Crippen LogP contribution is -2.28. The van der Waals surface area contributed by atoms with Crippen LogP contribution in [-0.4, -0.2) is 41.6 Å². The lowest BCUT2D eigenvalue weighted by Gasteiger charge is -2.15. The van der Waals surface area contributed by atoms with Gasteiger partial charge in [0.05, 0.1) is 12.9 Å². The smallest absolute Gasteiger partial charge is 0.351 e. The Morgan fingerprint density at radius 2 is 2.36 bits per heavy atom. The van der Waals surface area contributed by atoms with Crippen LogP contribution in [0.3, 0.4) is 0 Å². The summed E-state index contributed by atoms with van der Waals surface area (Å²) < 4.78 is 9.59. The molecule has 0 amide bonds. The van der Waals surface area contributed by atoms with E-state index in [-0.39, 0.29) is 6.61 Å². The molecule has 0 aliphatic carbocycles. The molecule has 1 heterocycles. The Kier molecular flexibility index (Phi) is 4.15. The fourth-order valence-electron chi connectivity index (χ4n) is 0.833. The average molecular weight is 200 g/mol. The van der Waals surface area contributed by atoms with Crippen molar-refractivity contribution in [3.63, 3.8) is 0 Å². The van der Waals surface area contributed by atoms with Crippen molar-refractivity contribution >= 4 is 5.97 Å². The molecule has 0 aromatic heterocycles. The summed E-state index contributed by atoms with van der Waals surface area (Å²) in [6.07, 6.45) is 4.43. The first-order valence-corrected chi connectivity index (χ1v) is 4.18. The fraction of sp³-hybridized carbons (Fsp3) is 0.444. The zero-order valence-electron chi connectivity index (χ0n) is 7.50. The van der Waals surface area contributed by atoms with Crippen molar-refractivity contribution < 1.29 is 24.5 Å². The average Bonchev–Trinajstić information content (AvgIpc) is 2.26. The standard InChI is InChI=1S/C9H12O5/c10-5-7(11)6-14-9(12)8-3-1-2-4-13-8/h1-4,7-8,10-11H,5-6H2. The molecular formula is C9H12O5. The number of rotatable bonds is 4. The minimum absolute atomic E-state index is 0.229. The van der Waals surface area contributed by atoms with Crippen LogP contribution < -0.4 is 0 Å². The topological polar surface area (TPSA) is 76.0 Å². The number of allylic oxidation sites excluding steroid dienone is 2. The first-order chi connectivity index (χ1) is 6.74. The number of aliphatic hydroxyl groups is 2. The number of carbonyl (C=O) groups is 1. The lowest BCUT2D eigenvalue weighted by molar-refractivity contribution is -0.154. The van der Waals surface area contributed by atoms with E-state index in [2.05, 4.69) is 4.74 Å². The second-order valence-electron chi connectivity index (χ2n) is 2.74. The maximum atomic E-state index is 11.2. The van der Waals surface area contributed by atoms with Gasteiger partial charge in [-0.25, -0.2) is 4.79 Å². The predicted molar refractivity (Wildman–Crippen MR) is 47.2 cm³/mol. The highest BCUT2D eigenvalue weighted by atomic mass is 16.6. The monoisotopic (exact) mass is 200 g/mol. The molecule has 78 valence electrons. The van der Waals surface area contributed by atoms with Crippen molar-refractivity contribution in [1.29, 1.82) is 0 Å². The van der Waals surface area contributed by atoms with E-state index in [9.17, 15) is 4.79 Å². The Morgan fingerprint density at radius 3 is 2.93 bits per heavy atom. The molecule has 0 saturated heterocycles. The summed E-state index contributed by atoms with van der Waals surface area (Å²) in [5.74, 6) is -0.585. The summed E-state index contributed by atoms with van der Waals surface area (Å²) in [4.78, 5) is 11.2. The third kappa shape index (κ3) is 3.20. The zero-order chi connectivity index (χ0) is 10.4. The maximum Gasteiger partial charge on any atom is 0.351 e. The van der Waals surface area contributed by atoms with Gasteiger partial charge in [-0.2, -0.15) is 0 Å². The first kappa shape index (κ1) is 10.7. The quantitative estimate of drug-likeness (QED) is 0.590. The minimum atomic E-state index is -1.04. The summed E-state index contributed by atoms with van der Waals surface area (Å²) in [7, 11) is 0. The van der Waals surface area contributed by atoms with Gasteiger partial charge in [0, 0.05) is 0 Å². The van der Waals surface area contributed by atoms with Gasteiger partial charge >= 0.3 is 5.97 Å². The van der Waals surface area contributed by atoms with Crippen LogP contribution in [0.1, 0.15) is 0 Å². The first-order valence-electron chi connectivity index (χ1n) is 4.18. The minimum Gasteiger partial charge on any atom is -0.482 e. The van der Waals surface area contributed by atoms with Crippen LogP contribution in [0.4, 0.5) is 0 Å². The van der Waals surface area contributed by atoms with Crippen LogP contribution in [0.25, 0.3) is 0 Å². The highest BCUT2D eigenvalue weighted by Gasteiger charge is 2.19. The van der Waals surface area contributed by atoms with Crippen molar-refractivity contribution in [2.45, 2.75) is 12.2 Å². The van der Waals surface area contributed by atoms with E-state index < -0.39 is 24.8 Å². The molecule has 0 spiro atoms. The Morgan fingerprint density at radius 1 is 1.57 bits per heavy atom. The maximum absolute atomic E-state index is 11.2. The normalized spacial score (nSPS) is 21.4. The highest BCUT2D eigenvalue weighted by molar-refractivity contribution is 5.77. The molecule has 0 aromatic carbocycles. The number of aliphatic hydroxyl groups excluding tert-OH is 2. The molecule has 5 heteroatoms. The molecule has 2 N–H and O–H groups in total. The molecule has 1 aliphatic rings. The van der Waals surface area contributed by atoms with E-state index in [1.807, 2.05) is 0 Å². The Bertz CT molecular complexity index is 246. The van der Waals surface area contributed by atoms with Gasteiger partial charge in [0.15, 0.2) is 0 Å². The van der Waals surface area contributed by atoms with Crippen LogP contribution in [0.2, 0.25) is 0 Å². The summed E-state index contributed by atoms with van der Waals surface area (Å²) in [5, 5.41) is 17.4. The van der Waals surface area contributed by atoms with Crippen LogP contribution >= 0.6 is 0 Å². The predicted octanol–water partition coefficient (Wildman–Crippen LogP) is -0.649. The van der Waals surface area contributed by atoms with Crippen molar-refractivity contribution in [3.05, 3.63) is 24.5 Å². The van der Waals surface area contributed by atoms with Gasteiger partial charge in [0.2, 0.25) is 6.10 Å². The molecule has 0 radical (unpaired) electrons. The van der Waals surface area contributed by atoms with Gasteiger partial charge in [-0.05, 0) is 12.2 Å². The number of hydrogen-bond donors (Lipinski definition) is 2. The van der Waals surface area contributed by atoms with Crippen LogP contribution in [0.5, 0.6) is 0 Å². The number of carbonyl (C=O) groups excluding carboxylic acids is 1. The van der Waals surface area contributed by atoms with Gasteiger partial charge in [-0.15, -0.1) is 0 Å². The molecule has 0 bridgehead atoms. The van der Waals surface area contributed by atoms with Crippen LogP contribution in [0.15, 0.2) is 24.5 Å². The van der Waals surface area contributed by atoms with Crippen LogP contribution in [-0.2, 0) is 14.3 Å². The molecular weight excluding hydrogens is 188 g/mol. The molecule has 2 unspecified atom stereocenters. The van der Waals surface area contributed by atoms with Gasteiger partial charge in [-0.1, -0.05) is 6.08 Å². The summed E-state index contributed by atoms with van der Waals surface area (Å²) >= 11 is 0. The van der Waals surface area contributed by atoms with Crippen molar-refractivity contribution in [3.8, 4) is 0 Å². The molecule has 2 atom stereocenters. The largest absolute Gasteiger partial charge is 0.482 e. The second kappa shape index (κ2) is 5.41. The Hall–Kier alpha value is -1.33. The fourth-order valence-corrected chi connectivity index (χ4v) is 0.833. The van der Waals surface area contributed by atoms with Crippen molar-refractivity contribution in [1.82, 2.24) is 0 Å². The van der Waals surface area contributed by atoms with E-state index in [0.717, 1.165) is 0 Å². The van der Waals surface area contributed by atoms with E-state index in [1.54, 1.807) is 12.2 Å². The number of hydrogen-bond acceptors (Lipinski definition) is 5. The van der Waals surface area contributed by atoms with Gasteiger partial charge in [0.1, 0.15) is 12.7 Å². The Labute approximate surface area is 81.3 Å². The molecule has 0 aromatic rings.